The lowest BCUT2D eigenvalue weighted by atomic mass is 9.88. The molecule has 4 rings (SSSR count). The zero-order valence-corrected chi connectivity index (χ0v) is 85.2. The Morgan fingerprint density at radius 3 is 0.965 bits per heavy atom. The Balaban J connectivity index is 0.000000725. The highest BCUT2D eigenvalue weighted by Gasteiger charge is 2.41. The van der Waals surface area contributed by atoms with E-state index in [-0.39, 0.29) is 204 Å². The van der Waals surface area contributed by atoms with Crippen molar-refractivity contribution in [2.24, 2.45) is 64.0 Å². The van der Waals surface area contributed by atoms with E-state index in [9.17, 15) is 91.4 Å². The van der Waals surface area contributed by atoms with Crippen LogP contribution in [-0.4, -0.2) is 254 Å². The van der Waals surface area contributed by atoms with Crippen molar-refractivity contribution >= 4 is 106 Å². The number of carbonyl (C=O) groups is 18. The molecule has 29 N–H and O–H groups in total. The van der Waals surface area contributed by atoms with E-state index in [1.54, 1.807) is 67.6 Å². The number of rotatable bonds is 45. The fourth-order valence-corrected chi connectivity index (χ4v) is 16.5. The van der Waals surface area contributed by atoms with Crippen LogP contribution in [0.5, 0.6) is 0 Å². The van der Waals surface area contributed by atoms with Gasteiger partial charge in [-0.3, -0.25) is 86.3 Å². The molecule has 41 heteroatoms. The topological polar surface area (TPSA) is 676 Å². The Kier molecular flexibility index (Phi) is 61.5. The minimum atomic E-state index is -1.55. The predicted octanol–water partition coefficient (Wildman–Crippen LogP) is 0.369. The number of hydrogen-bond acceptors (Lipinski definition) is 25. The van der Waals surface area contributed by atoms with Gasteiger partial charge >= 0.3 is 0 Å². The van der Waals surface area contributed by atoms with E-state index in [1.807, 2.05) is 48.5 Å². The summed E-state index contributed by atoms with van der Waals surface area (Å²) in [6.45, 7) is 19.6. The average Bonchev–Trinajstić information content (AvgIpc) is 1.74. The first kappa shape index (κ1) is 124. The van der Waals surface area contributed by atoms with E-state index in [4.69, 9.17) is 34.4 Å². The molecule has 0 bridgehead atoms. The third-order valence-corrected chi connectivity index (χ3v) is 24.3. The van der Waals surface area contributed by atoms with Crippen LogP contribution in [0.4, 0.5) is 0 Å². The first-order valence-electron chi connectivity index (χ1n) is 51.1. The van der Waals surface area contributed by atoms with Crippen LogP contribution in [0.15, 0.2) is 60.7 Å². The van der Waals surface area contributed by atoms with Gasteiger partial charge in [0, 0.05) is 50.6 Å². The average molecular weight is 1980 g/mol. The van der Waals surface area contributed by atoms with Crippen LogP contribution in [0.1, 0.15) is 273 Å². The second-order valence-corrected chi connectivity index (χ2v) is 38.2. The number of hydrogen-bond donors (Lipinski definition) is 23. The number of nitrogens with two attached hydrogens (primary N) is 6. The van der Waals surface area contributed by atoms with E-state index in [0.717, 1.165) is 51.4 Å². The van der Waals surface area contributed by atoms with Crippen molar-refractivity contribution in [2.45, 2.75) is 366 Å². The maximum absolute atomic E-state index is 14.4. The van der Waals surface area contributed by atoms with Crippen molar-refractivity contribution in [3.8, 4) is 0 Å². The van der Waals surface area contributed by atoms with Crippen molar-refractivity contribution < 1.29 is 91.4 Å². The highest BCUT2D eigenvalue weighted by Crippen LogP contribution is 2.24. The first-order chi connectivity index (χ1) is 67.2. The van der Waals surface area contributed by atoms with Crippen molar-refractivity contribution in [3.63, 3.8) is 0 Å². The number of unbranched alkanes of at least 4 members (excludes halogenated alkanes) is 8. The molecular weight excluding hydrogens is 1810 g/mol. The summed E-state index contributed by atoms with van der Waals surface area (Å²) in [5, 5.41) is 54.0. The predicted molar refractivity (Wildman–Crippen MR) is 537 cm³/mol. The molecule has 17 atom stereocenters. The minimum Gasteiger partial charge on any atom is -0.391 e. The van der Waals surface area contributed by atoms with Crippen LogP contribution in [-0.2, 0) is 99.1 Å². The molecular formula is C100H170N22O19. The molecule has 2 fully saturated rings. The molecule has 0 aliphatic carbocycles. The summed E-state index contributed by atoms with van der Waals surface area (Å²) in [4.78, 5) is 251. The molecule has 2 aliphatic rings. The molecule has 41 nitrogen and oxygen atoms in total. The number of ketones is 2. The molecule has 2 heterocycles. The van der Waals surface area contributed by atoms with Crippen LogP contribution in [0.2, 0.25) is 0 Å². The van der Waals surface area contributed by atoms with Crippen molar-refractivity contribution in [3.05, 3.63) is 71.8 Å². The maximum Gasteiger partial charge on any atom is 0.245 e. The second-order valence-electron chi connectivity index (χ2n) is 38.2. The summed E-state index contributed by atoms with van der Waals surface area (Å²) in [5.41, 5.74) is 36.8. The van der Waals surface area contributed by atoms with E-state index >= 15 is 0 Å². The molecule has 0 saturated carbocycles. The van der Waals surface area contributed by atoms with Gasteiger partial charge in [-0.25, -0.2) is 0 Å². The van der Waals surface area contributed by atoms with Gasteiger partial charge in [-0.1, -0.05) is 194 Å². The fraction of sp³-hybridized carbons (Fsp3) is 0.700. The fourth-order valence-electron chi connectivity index (χ4n) is 16.5. The summed E-state index contributed by atoms with van der Waals surface area (Å²) in [6.07, 6.45) is 8.58. The number of carbonyl (C=O) groups excluding carboxylic acids is 18. The number of nitrogens with one attached hydrogen (secondary N) is 16. The van der Waals surface area contributed by atoms with Gasteiger partial charge in [0.1, 0.15) is 72.5 Å². The Hall–Kier alpha value is -11.0. The molecule has 0 spiro atoms. The smallest absolute Gasteiger partial charge is 0.245 e. The van der Waals surface area contributed by atoms with Gasteiger partial charge in [0.15, 0.2) is 11.6 Å². The number of Topliss-reactive ketones (excluding diaryl/α,β-unsaturated/α-hetero) is 2. The Bertz CT molecular complexity index is 4210. The third-order valence-electron chi connectivity index (χ3n) is 24.3. The zero-order valence-electron chi connectivity index (χ0n) is 85.2. The lowest BCUT2D eigenvalue weighted by Gasteiger charge is -2.27. The molecule has 794 valence electrons. The summed E-state index contributed by atoms with van der Waals surface area (Å²) >= 11 is 0. The van der Waals surface area contributed by atoms with Crippen LogP contribution >= 0.6 is 0 Å². The molecule has 0 aromatic heterocycles. The minimum absolute atomic E-state index is 0.00768. The molecule has 2 saturated heterocycles. The standard InChI is InChI=1S/C51H87N11O9.C49H83N11O10/c1-7-9-10-11-15-19-44(64)56-37(20-24-52)48(68)60-40-23-27-55-46(66)42(29-33(5)6)62-47(67)36(16-8-2)58-49(69)38(21-25-53)57-45(65)35(28-32(3)4)31-43(63)41(30-34-17-13-12-14-18-34)61-50(70)39(22-26-54)59-51(40)71;1-6-8-9-10-14-18-41(63)54-35(19-23-50)44(65)58-38-22-26-53-49(70)42(31(5)61)60-48(69)34(15-7-2)56-45(66)36(20-24-51)55-43(64)33(27-30(3)4)29-40(62)39(28-32-16-12-11-13-17-32)59-46(67)37(21-25-52)57-47(38)68/h12-14,17-18,32-33,35-42H,7-11,15-16,19-31,52-54H2,1-6H3,(H,55,66)(H,56,64)(H,57,65)(H,58,69)(H,59,71)(H,60,68)(H,61,70)(H,62,67);11-13,16-17,30-31,33-39,42,61H,6-10,14-15,18-29,50-52H2,1-5H3,(H,53,70)(H,54,63)(H,55,64)(H,56,66)(H,57,68)(H,58,65)(H,59,67)(H,60,69)/t35-,36+,37-,38+,39+,40+,41-,42+;31-,33-,34+,35-,36+,37+,38+,39-,42+/m11/s1. The van der Waals surface area contributed by atoms with Crippen LogP contribution in [0.3, 0.4) is 0 Å². The van der Waals surface area contributed by atoms with Gasteiger partial charge in [0.05, 0.1) is 18.2 Å². The first-order valence-corrected chi connectivity index (χ1v) is 51.1. The van der Waals surface area contributed by atoms with Crippen molar-refractivity contribution in [1.82, 2.24) is 85.1 Å². The zero-order chi connectivity index (χ0) is 105. The van der Waals surface area contributed by atoms with Crippen molar-refractivity contribution in [2.75, 3.05) is 52.4 Å². The highest BCUT2D eigenvalue weighted by molar-refractivity contribution is 6.01. The SMILES string of the molecule is CCCCCCCC(=O)N[C@H](CCN)C(=O)N[C@H]1CCNC(=O)[C@H](CC(C)C)NC(=O)[C@H](CCC)NC(=O)[C@H](CCN)NC(=O)[C@H](CC(C)C)CC(=O)[C@@H](Cc2ccccc2)NC(=O)[C@H](CCN)NC1=O.CCCCCCCC(=O)N[C@H](CCN)C(=O)N[C@H]1CCNC(=O)[C@H]([C@@H](C)O)NC(=O)[C@H](CCC)NC(=O)[C@H](CCN)NC(=O)[C@H](CC(C)C)CC(=O)[C@@H](Cc2ccccc2)NC(=O)[C@H](CCN)NC1=O. The molecule has 2 aromatic rings. The van der Waals surface area contributed by atoms with Crippen LogP contribution in [0.25, 0.3) is 0 Å². The Morgan fingerprint density at radius 1 is 0.340 bits per heavy atom. The normalized spacial score (nSPS) is 23.4. The third kappa shape index (κ3) is 48.6. The van der Waals surface area contributed by atoms with Gasteiger partial charge in [-0.05, 0) is 184 Å². The largest absolute Gasteiger partial charge is 0.391 e. The summed E-state index contributed by atoms with van der Waals surface area (Å²) in [6, 6.07) is 0.353. The van der Waals surface area contributed by atoms with Crippen LogP contribution in [0, 0.1) is 29.6 Å². The number of aliphatic hydroxyl groups is 1. The molecule has 141 heavy (non-hydrogen) atoms. The number of benzene rings is 2. The highest BCUT2D eigenvalue weighted by atomic mass is 16.3. The van der Waals surface area contributed by atoms with Gasteiger partial charge in [0.2, 0.25) is 94.5 Å². The summed E-state index contributed by atoms with van der Waals surface area (Å²) in [5.74, 6) is -14.1. The Morgan fingerprint density at radius 2 is 0.645 bits per heavy atom. The number of amides is 16. The van der Waals surface area contributed by atoms with E-state index in [0.29, 0.717) is 36.8 Å². The van der Waals surface area contributed by atoms with Gasteiger partial charge in [-0.15, -0.1) is 0 Å². The van der Waals surface area contributed by atoms with E-state index in [1.165, 1.54) is 6.92 Å². The van der Waals surface area contributed by atoms with Gasteiger partial charge in [0.25, 0.3) is 0 Å². The lowest BCUT2D eigenvalue weighted by Crippen LogP contribution is -2.60. The molecule has 16 amide bonds. The molecule has 2 aliphatic heterocycles. The van der Waals surface area contributed by atoms with E-state index in [2.05, 4.69) is 98.9 Å². The van der Waals surface area contributed by atoms with Gasteiger partial charge in [-0.2, -0.15) is 0 Å². The lowest BCUT2D eigenvalue weighted by molar-refractivity contribution is -0.136. The quantitative estimate of drug-likeness (QED) is 0.0398. The molecule has 2 aromatic carbocycles. The molecule has 0 unspecified atom stereocenters. The Labute approximate surface area is 832 Å². The summed E-state index contributed by atoms with van der Waals surface area (Å²) in [7, 11) is 0. The van der Waals surface area contributed by atoms with Crippen molar-refractivity contribution in [1.29, 1.82) is 0 Å². The monoisotopic (exact) mass is 1980 g/mol. The van der Waals surface area contributed by atoms with E-state index < -0.39 is 197 Å². The maximum atomic E-state index is 14.4. The number of aliphatic hydroxyl groups excluding tert-OH is 1. The van der Waals surface area contributed by atoms with Gasteiger partial charge < -0.3 is 125 Å². The second kappa shape index (κ2) is 69.8. The summed E-state index contributed by atoms with van der Waals surface area (Å²) < 4.78 is 0. The molecule has 0 radical (unpaired) electrons. The van der Waals surface area contributed by atoms with Crippen LogP contribution < -0.4 is 119 Å².